The summed E-state index contributed by atoms with van der Waals surface area (Å²) < 4.78 is 27.5. The number of carbonyl (C=O) groups excluding carboxylic acids is 1. The Hall–Kier alpha value is -2.75. The van der Waals surface area contributed by atoms with Gasteiger partial charge in [-0.2, -0.15) is 0 Å². The van der Waals surface area contributed by atoms with Crippen LogP contribution in [0, 0.1) is 12.3 Å². The fourth-order valence-electron chi connectivity index (χ4n) is 2.25. The molecule has 1 N–H and O–H groups in total. The number of para-hydroxylation sites is 1. The zero-order valence-electron chi connectivity index (χ0n) is 13.9. The molecule has 2 rings (SSSR count). The van der Waals surface area contributed by atoms with Gasteiger partial charge in [-0.15, -0.1) is 13.0 Å². The van der Waals surface area contributed by atoms with Crippen molar-refractivity contribution in [2.45, 2.75) is 4.90 Å². The first kappa shape index (κ1) is 19.6. The Bertz CT molecular complexity index is 950. The van der Waals surface area contributed by atoms with Gasteiger partial charge in [0, 0.05) is 5.56 Å². The lowest BCUT2D eigenvalue weighted by atomic mass is 10.2. The Balaban J connectivity index is 2.51. The van der Waals surface area contributed by atoms with Gasteiger partial charge in [0.2, 0.25) is 0 Å². The van der Waals surface area contributed by atoms with Crippen LogP contribution in [0.4, 0.5) is 5.69 Å². The Morgan fingerprint density at radius 1 is 1.27 bits per heavy atom. The molecule has 0 aliphatic carbocycles. The maximum Gasteiger partial charge on any atom is 0.266 e. The largest absolute Gasteiger partial charge is 0.341 e. The van der Waals surface area contributed by atoms with E-state index in [0.717, 1.165) is 0 Å². The van der Waals surface area contributed by atoms with E-state index in [-0.39, 0.29) is 28.6 Å². The third-order valence-corrected chi connectivity index (χ3v) is 5.73. The number of terminal acetylenes is 1. The lowest BCUT2D eigenvalue weighted by Gasteiger charge is -2.24. The zero-order chi connectivity index (χ0) is 19.2. The van der Waals surface area contributed by atoms with Crippen molar-refractivity contribution in [2.24, 2.45) is 0 Å². The number of benzene rings is 2. The molecule has 0 unspecified atom stereocenters. The number of nitrogens with zero attached hydrogens (tertiary/aromatic N) is 1. The van der Waals surface area contributed by atoms with Crippen molar-refractivity contribution in [3.05, 3.63) is 71.8 Å². The molecule has 0 radical (unpaired) electrons. The average Bonchev–Trinajstić information content (AvgIpc) is 2.64. The SMILES string of the molecule is C#CCNC(=O)c1ccc(Cl)c(S(=O)(=O)N(CC=C)c2ccccc2)c1. The molecule has 2 aromatic carbocycles. The van der Waals surface area contributed by atoms with Gasteiger partial charge in [-0.25, -0.2) is 8.42 Å². The molecule has 0 saturated heterocycles. The van der Waals surface area contributed by atoms with Crippen molar-refractivity contribution in [1.29, 1.82) is 0 Å². The molecule has 0 fully saturated rings. The molecule has 0 aromatic heterocycles. The smallest absolute Gasteiger partial charge is 0.266 e. The minimum absolute atomic E-state index is 0.0171. The topological polar surface area (TPSA) is 66.5 Å². The van der Waals surface area contributed by atoms with Gasteiger partial charge in [-0.05, 0) is 30.3 Å². The minimum Gasteiger partial charge on any atom is -0.341 e. The number of rotatable bonds is 7. The highest BCUT2D eigenvalue weighted by atomic mass is 35.5. The summed E-state index contributed by atoms with van der Waals surface area (Å²) in [6.07, 6.45) is 6.59. The molecule has 0 heterocycles. The quantitative estimate of drug-likeness (QED) is 0.585. The Morgan fingerprint density at radius 2 is 1.96 bits per heavy atom. The van der Waals surface area contributed by atoms with Crippen molar-refractivity contribution in [3.63, 3.8) is 0 Å². The molecule has 0 saturated carbocycles. The summed E-state index contributed by atoms with van der Waals surface area (Å²) in [5.41, 5.74) is 0.612. The van der Waals surface area contributed by atoms with Crippen molar-refractivity contribution in [1.82, 2.24) is 5.32 Å². The predicted molar refractivity (Wildman–Crippen MR) is 104 cm³/mol. The number of hydrogen-bond donors (Lipinski definition) is 1. The van der Waals surface area contributed by atoms with Crippen LogP contribution in [0.5, 0.6) is 0 Å². The summed E-state index contributed by atoms with van der Waals surface area (Å²) in [6, 6.07) is 12.6. The highest BCUT2D eigenvalue weighted by molar-refractivity contribution is 7.93. The van der Waals surface area contributed by atoms with Gasteiger partial charge in [-0.1, -0.05) is 41.8 Å². The summed E-state index contributed by atoms with van der Waals surface area (Å²) >= 11 is 6.13. The molecular formula is C19H17ClN2O3S. The summed E-state index contributed by atoms with van der Waals surface area (Å²) in [6.45, 7) is 3.70. The third kappa shape index (κ3) is 4.26. The summed E-state index contributed by atoms with van der Waals surface area (Å²) in [7, 11) is -4.01. The van der Waals surface area contributed by atoms with Crippen LogP contribution in [0.25, 0.3) is 0 Å². The van der Waals surface area contributed by atoms with E-state index in [2.05, 4.69) is 17.8 Å². The van der Waals surface area contributed by atoms with Gasteiger partial charge in [0.15, 0.2) is 0 Å². The summed E-state index contributed by atoms with van der Waals surface area (Å²) in [5.74, 6) is 1.80. The van der Waals surface area contributed by atoms with Gasteiger partial charge >= 0.3 is 0 Å². The zero-order valence-corrected chi connectivity index (χ0v) is 15.4. The van der Waals surface area contributed by atoms with Crippen LogP contribution in [0.2, 0.25) is 5.02 Å². The maximum atomic E-state index is 13.2. The van der Waals surface area contributed by atoms with Crippen LogP contribution in [-0.4, -0.2) is 27.4 Å². The number of amides is 1. The Morgan fingerprint density at radius 3 is 2.58 bits per heavy atom. The van der Waals surface area contributed by atoms with Crippen molar-refractivity contribution >= 4 is 33.2 Å². The summed E-state index contributed by atoms with van der Waals surface area (Å²) in [4.78, 5) is 11.9. The van der Waals surface area contributed by atoms with E-state index in [0.29, 0.717) is 5.69 Å². The maximum absolute atomic E-state index is 13.2. The lowest BCUT2D eigenvalue weighted by molar-refractivity contribution is 0.0958. The molecule has 26 heavy (non-hydrogen) atoms. The fraction of sp³-hybridized carbons (Fsp3) is 0.105. The van der Waals surface area contributed by atoms with Crippen LogP contribution in [-0.2, 0) is 10.0 Å². The molecule has 7 heteroatoms. The first-order chi connectivity index (χ1) is 12.4. The van der Waals surface area contributed by atoms with Gasteiger partial charge < -0.3 is 5.32 Å². The van der Waals surface area contributed by atoms with Crippen LogP contribution in [0.1, 0.15) is 10.4 Å². The number of nitrogens with one attached hydrogen (secondary N) is 1. The molecule has 0 aliphatic heterocycles. The van der Waals surface area contributed by atoms with Crippen LogP contribution in [0.15, 0.2) is 66.1 Å². The van der Waals surface area contributed by atoms with Crippen LogP contribution < -0.4 is 9.62 Å². The minimum atomic E-state index is -4.01. The van der Waals surface area contributed by atoms with Crippen molar-refractivity contribution < 1.29 is 13.2 Å². The molecule has 2 aromatic rings. The molecule has 134 valence electrons. The van der Waals surface area contributed by atoms with Crippen molar-refractivity contribution in [3.8, 4) is 12.3 Å². The highest BCUT2D eigenvalue weighted by Gasteiger charge is 2.27. The molecule has 0 bridgehead atoms. The number of sulfonamides is 1. The summed E-state index contributed by atoms with van der Waals surface area (Å²) in [5, 5.41) is 2.51. The van der Waals surface area contributed by atoms with E-state index in [1.54, 1.807) is 30.3 Å². The van der Waals surface area contributed by atoms with E-state index >= 15 is 0 Å². The van der Waals surface area contributed by atoms with E-state index in [9.17, 15) is 13.2 Å². The first-order valence-electron chi connectivity index (χ1n) is 7.61. The van der Waals surface area contributed by atoms with Gasteiger partial charge in [0.25, 0.3) is 15.9 Å². The van der Waals surface area contributed by atoms with E-state index in [1.807, 2.05) is 0 Å². The Labute approximate surface area is 158 Å². The highest BCUT2D eigenvalue weighted by Crippen LogP contribution is 2.29. The second kappa shape index (κ2) is 8.56. The normalized spacial score (nSPS) is 10.6. The van der Waals surface area contributed by atoms with E-state index in [4.69, 9.17) is 18.0 Å². The van der Waals surface area contributed by atoms with Crippen molar-refractivity contribution in [2.75, 3.05) is 17.4 Å². The predicted octanol–water partition coefficient (Wildman–Crippen LogP) is 3.08. The fourth-order valence-corrected chi connectivity index (χ4v) is 4.19. The number of carbonyl (C=O) groups is 1. The molecule has 1 amide bonds. The molecule has 0 aliphatic rings. The second-order valence-corrected chi connectivity index (χ2v) is 7.43. The molecule has 5 nitrogen and oxygen atoms in total. The van der Waals surface area contributed by atoms with E-state index < -0.39 is 15.9 Å². The molecule has 0 atom stereocenters. The second-order valence-electron chi connectivity index (χ2n) is 5.19. The molecular weight excluding hydrogens is 372 g/mol. The van der Waals surface area contributed by atoms with Crippen LogP contribution in [0.3, 0.4) is 0 Å². The number of halogens is 1. The molecule has 0 spiro atoms. The van der Waals surface area contributed by atoms with Gasteiger partial charge in [-0.3, -0.25) is 9.10 Å². The monoisotopic (exact) mass is 388 g/mol. The van der Waals surface area contributed by atoms with Crippen LogP contribution >= 0.6 is 11.6 Å². The third-order valence-electron chi connectivity index (χ3n) is 3.45. The number of anilines is 1. The average molecular weight is 389 g/mol. The Kier molecular flexibility index (Phi) is 6.45. The van der Waals surface area contributed by atoms with E-state index in [1.165, 1.54) is 28.6 Å². The standard InChI is InChI=1S/C19H17ClN2O3S/c1-3-12-21-19(23)15-10-11-17(20)18(14-15)26(24,25)22(13-4-2)16-8-6-5-7-9-16/h1,4-11,14H,2,12-13H2,(H,21,23). The lowest BCUT2D eigenvalue weighted by Crippen LogP contribution is -2.32. The number of hydrogen-bond acceptors (Lipinski definition) is 3. The first-order valence-corrected chi connectivity index (χ1v) is 9.43. The van der Waals surface area contributed by atoms with Gasteiger partial charge in [0.1, 0.15) is 4.90 Å². The van der Waals surface area contributed by atoms with Gasteiger partial charge in [0.05, 0.1) is 23.8 Å².